The molecule has 0 aliphatic heterocycles. The molecule has 4 atom stereocenters. The summed E-state index contributed by atoms with van der Waals surface area (Å²) >= 11 is 0. The highest BCUT2D eigenvalue weighted by molar-refractivity contribution is 5.46. The van der Waals surface area contributed by atoms with Gasteiger partial charge in [0.2, 0.25) is 0 Å². The molecule has 0 amide bonds. The Balaban J connectivity index is 2.16. The van der Waals surface area contributed by atoms with E-state index in [0.29, 0.717) is 0 Å². The van der Waals surface area contributed by atoms with Gasteiger partial charge in [0.15, 0.2) is 11.5 Å². The molecule has 0 saturated carbocycles. The molecule has 0 bridgehead atoms. The highest BCUT2D eigenvalue weighted by atomic mass is 16.6. The molecule has 2 rings (SSSR count). The van der Waals surface area contributed by atoms with Gasteiger partial charge in [-0.1, -0.05) is 34.5 Å². The van der Waals surface area contributed by atoms with Gasteiger partial charge in [0.25, 0.3) is 0 Å². The van der Waals surface area contributed by atoms with Gasteiger partial charge in [-0.15, -0.1) is 0 Å². The van der Waals surface area contributed by atoms with E-state index in [9.17, 15) is 30.4 Å². The molecule has 0 unspecified atom stereocenters. The van der Waals surface area contributed by atoms with Crippen LogP contribution < -0.4 is 9.47 Å². The molecule has 2 N–H and O–H groups in total. The largest absolute Gasteiger partial charge is 0.486 e. The van der Waals surface area contributed by atoms with E-state index in [4.69, 9.17) is 20.5 Å². The number of rotatable bonds is 13. The molecule has 0 saturated heterocycles. The van der Waals surface area contributed by atoms with Crippen LogP contribution in [0.4, 0.5) is 11.4 Å². The van der Waals surface area contributed by atoms with Crippen LogP contribution in [0.15, 0.2) is 58.8 Å². The number of azide groups is 2. The molecular formula is C18H18N8O8. The summed E-state index contributed by atoms with van der Waals surface area (Å²) in [5, 5.41) is 49.9. The number of hydrogen-bond acceptors (Lipinski definition) is 10. The number of nitrogens with zero attached hydrogens (tertiary/aromatic N) is 8. The predicted octanol–water partition coefficient (Wildman–Crippen LogP) is 3.04. The number of hydrogen-bond donors (Lipinski definition) is 2. The average molecular weight is 474 g/mol. The lowest BCUT2D eigenvalue weighted by molar-refractivity contribution is -0.386. The summed E-state index contributed by atoms with van der Waals surface area (Å²) in [5.41, 5.74) is 16.9. The Kier molecular flexibility index (Phi) is 9.37. The SMILES string of the molecule is [N-]=[N+]=N[C@@H](COc1ccccc1[N+](=O)[O-])[C@@H](O)[C@H](O)[C@H](COc1ccccc1[N+](=O)[O-])N=[N+]=[N-]. The Hall–Kier alpha value is -4.62. The van der Waals surface area contributed by atoms with E-state index in [0.717, 1.165) is 0 Å². The Morgan fingerprint density at radius 3 is 1.47 bits per heavy atom. The third-order valence-corrected chi connectivity index (χ3v) is 4.48. The number of ether oxygens (including phenoxy) is 2. The number of aliphatic hydroxyl groups is 2. The van der Waals surface area contributed by atoms with Crippen molar-refractivity contribution in [1.29, 1.82) is 0 Å². The van der Waals surface area contributed by atoms with E-state index in [1.165, 1.54) is 48.5 Å². The fraction of sp³-hybridized carbons (Fsp3) is 0.333. The van der Waals surface area contributed by atoms with Crippen LogP contribution in [0.5, 0.6) is 11.5 Å². The first-order chi connectivity index (χ1) is 16.3. The van der Waals surface area contributed by atoms with Gasteiger partial charge in [-0.05, 0) is 23.2 Å². The standard InChI is InChI=1S/C18H18N8O8/c19-23-21-11(9-33-15-7-3-1-5-13(15)25(29)30)17(27)18(28)12(22-24-20)10-34-16-8-4-2-6-14(16)26(31)32/h1-8,11-12,17-18,27-28H,9-10H2/t11-,12-,17+,18+/m0/s1. The van der Waals surface area contributed by atoms with Gasteiger partial charge in [-0.25, -0.2) is 0 Å². The van der Waals surface area contributed by atoms with Crippen molar-refractivity contribution in [3.63, 3.8) is 0 Å². The first kappa shape index (κ1) is 25.6. The summed E-state index contributed by atoms with van der Waals surface area (Å²) in [5.74, 6) is -0.336. The van der Waals surface area contributed by atoms with Gasteiger partial charge in [0.1, 0.15) is 0 Å². The molecule has 0 aromatic heterocycles. The lowest BCUT2D eigenvalue weighted by atomic mass is 10.0. The zero-order chi connectivity index (χ0) is 25.1. The van der Waals surface area contributed by atoms with E-state index in [1.54, 1.807) is 0 Å². The third kappa shape index (κ3) is 6.69. The number of aliphatic hydroxyl groups excluding tert-OH is 2. The fourth-order valence-electron chi connectivity index (χ4n) is 2.80. The van der Waals surface area contributed by atoms with Crippen molar-refractivity contribution in [2.45, 2.75) is 24.3 Å². The molecule has 34 heavy (non-hydrogen) atoms. The van der Waals surface area contributed by atoms with Crippen molar-refractivity contribution >= 4 is 11.4 Å². The first-order valence-corrected chi connectivity index (χ1v) is 9.47. The van der Waals surface area contributed by atoms with E-state index in [2.05, 4.69) is 20.1 Å². The van der Waals surface area contributed by atoms with E-state index < -0.39 is 47.4 Å². The highest BCUT2D eigenvalue weighted by Crippen LogP contribution is 2.28. The molecule has 0 aliphatic rings. The van der Waals surface area contributed by atoms with Crippen molar-refractivity contribution in [2.24, 2.45) is 10.2 Å². The Morgan fingerprint density at radius 2 is 1.15 bits per heavy atom. The van der Waals surface area contributed by atoms with Gasteiger partial charge in [-0.2, -0.15) is 0 Å². The third-order valence-electron chi connectivity index (χ3n) is 4.48. The molecule has 16 heteroatoms. The second-order valence-electron chi connectivity index (χ2n) is 6.60. The van der Waals surface area contributed by atoms with Crippen molar-refractivity contribution < 1.29 is 29.5 Å². The smallest absolute Gasteiger partial charge is 0.310 e. The lowest BCUT2D eigenvalue weighted by Crippen LogP contribution is -2.46. The monoisotopic (exact) mass is 474 g/mol. The summed E-state index contributed by atoms with van der Waals surface area (Å²) < 4.78 is 10.6. The summed E-state index contributed by atoms with van der Waals surface area (Å²) in [6, 6.07) is 7.79. The Morgan fingerprint density at radius 1 is 0.794 bits per heavy atom. The Labute approximate surface area is 190 Å². The topological polar surface area (TPSA) is 243 Å². The second kappa shape index (κ2) is 12.4. The van der Waals surface area contributed by atoms with Crippen LogP contribution in [-0.2, 0) is 0 Å². The molecule has 0 spiro atoms. The molecule has 0 heterocycles. The van der Waals surface area contributed by atoms with Crippen LogP contribution >= 0.6 is 0 Å². The van der Waals surface area contributed by atoms with Crippen molar-refractivity contribution in [3.8, 4) is 11.5 Å². The quantitative estimate of drug-likeness (QED) is 0.143. The summed E-state index contributed by atoms with van der Waals surface area (Å²) in [7, 11) is 0. The van der Waals surface area contributed by atoms with Crippen molar-refractivity contribution in [3.05, 3.63) is 89.6 Å². The molecule has 2 aromatic rings. The maximum Gasteiger partial charge on any atom is 0.310 e. The lowest BCUT2D eigenvalue weighted by Gasteiger charge is -2.27. The van der Waals surface area contributed by atoms with Gasteiger partial charge in [-0.3, -0.25) is 20.2 Å². The predicted molar refractivity (Wildman–Crippen MR) is 115 cm³/mol. The minimum atomic E-state index is -1.86. The summed E-state index contributed by atoms with van der Waals surface area (Å²) in [6.45, 7) is -1.14. The number of nitro benzene ring substituents is 2. The number of benzene rings is 2. The first-order valence-electron chi connectivity index (χ1n) is 9.47. The molecular weight excluding hydrogens is 456 g/mol. The maximum atomic E-state index is 11.1. The van der Waals surface area contributed by atoms with E-state index in [-0.39, 0.29) is 22.9 Å². The molecule has 0 aliphatic carbocycles. The van der Waals surface area contributed by atoms with Crippen LogP contribution in [0.2, 0.25) is 0 Å². The van der Waals surface area contributed by atoms with Crippen molar-refractivity contribution in [1.82, 2.24) is 0 Å². The van der Waals surface area contributed by atoms with Gasteiger partial charge in [0, 0.05) is 22.0 Å². The van der Waals surface area contributed by atoms with Gasteiger partial charge in [0.05, 0.1) is 47.4 Å². The molecule has 178 valence electrons. The summed E-state index contributed by atoms with van der Waals surface area (Å²) in [6.07, 6.45) is -3.72. The average Bonchev–Trinajstić information content (AvgIpc) is 2.83. The second-order valence-corrected chi connectivity index (χ2v) is 6.60. The Bertz CT molecular complexity index is 1030. The number of para-hydroxylation sites is 4. The van der Waals surface area contributed by atoms with E-state index >= 15 is 0 Å². The normalized spacial score (nSPS) is 13.8. The minimum Gasteiger partial charge on any atom is -0.486 e. The van der Waals surface area contributed by atoms with E-state index in [1.807, 2.05) is 0 Å². The summed E-state index contributed by atoms with van der Waals surface area (Å²) in [4.78, 5) is 26.0. The zero-order valence-electron chi connectivity index (χ0n) is 17.3. The van der Waals surface area contributed by atoms with Crippen LogP contribution in [-0.4, -0.2) is 57.6 Å². The molecule has 16 nitrogen and oxygen atoms in total. The molecule has 0 radical (unpaired) electrons. The van der Waals surface area contributed by atoms with Gasteiger partial charge < -0.3 is 19.7 Å². The highest BCUT2D eigenvalue weighted by Gasteiger charge is 2.33. The molecule has 2 aromatic carbocycles. The van der Waals surface area contributed by atoms with Crippen molar-refractivity contribution in [2.75, 3.05) is 13.2 Å². The van der Waals surface area contributed by atoms with Crippen LogP contribution in [0.3, 0.4) is 0 Å². The minimum absolute atomic E-state index is 0.168. The fourth-order valence-corrected chi connectivity index (χ4v) is 2.80. The van der Waals surface area contributed by atoms with Crippen LogP contribution in [0.25, 0.3) is 20.9 Å². The van der Waals surface area contributed by atoms with Crippen LogP contribution in [0.1, 0.15) is 0 Å². The van der Waals surface area contributed by atoms with Crippen LogP contribution in [0, 0.1) is 20.2 Å². The number of nitro groups is 2. The molecule has 0 fully saturated rings. The maximum absolute atomic E-state index is 11.1. The zero-order valence-corrected chi connectivity index (χ0v) is 17.3. The van der Waals surface area contributed by atoms with Gasteiger partial charge >= 0.3 is 11.4 Å².